The monoisotopic (exact) mass is 160 g/mol. The number of hydrogen-bond donors (Lipinski definition) is 0. The number of rotatable bonds is 0. The molecule has 0 unspecified atom stereocenters. The van der Waals surface area contributed by atoms with Crippen LogP contribution in [-0.4, -0.2) is 0 Å². The van der Waals surface area contributed by atoms with Crippen LogP contribution in [0.2, 0.25) is 0 Å². The van der Waals surface area contributed by atoms with E-state index in [0.717, 1.165) is 29.6 Å². The molecule has 1 heteroatoms. The van der Waals surface area contributed by atoms with Gasteiger partial charge in [0.05, 0.1) is 0 Å². The van der Waals surface area contributed by atoms with Gasteiger partial charge in [-0.2, -0.15) is 0 Å². The van der Waals surface area contributed by atoms with Crippen molar-refractivity contribution < 1.29 is 4.70 Å². The van der Waals surface area contributed by atoms with E-state index in [9.17, 15) is 0 Å². The topological polar surface area (TPSA) is 0 Å². The molecular weight excluding hydrogens is 139 g/mol. The van der Waals surface area contributed by atoms with Crippen molar-refractivity contribution in [1.82, 2.24) is 0 Å². The standard InChI is InChI=1S/C10H20.FH/c1-6-7(2)9(4)10(5)8(6)3;/h6-10H,1-5H3;1H. The molecule has 0 amide bonds. The van der Waals surface area contributed by atoms with Crippen LogP contribution in [0.5, 0.6) is 0 Å². The largest absolute Gasteiger partial charge is 0.269 e. The van der Waals surface area contributed by atoms with Crippen molar-refractivity contribution in [3.63, 3.8) is 0 Å². The molecule has 0 saturated heterocycles. The van der Waals surface area contributed by atoms with Gasteiger partial charge >= 0.3 is 0 Å². The molecule has 0 atom stereocenters. The van der Waals surface area contributed by atoms with E-state index in [1.165, 1.54) is 0 Å². The molecule has 1 aliphatic carbocycles. The van der Waals surface area contributed by atoms with Gasteiger partial charge in [0, 0.05) is 0 Å². The molecule has 0 aliphatic heterocycles. The molecule has 1 rings (SSSR count). The highest BCUT2D eigenvalue weighted by atomic mass is 19.0. The summed E-state index contributed by atoms with van der Waals surface area (Å²) >= 11 is 0. The second-order valence-corrected chi connectivity index (χ2v) is 4.30. The first-order valence-electron chi connectivity index (χ1n) is 4.55. The molecule has 0 bridgehead atoms. The fourth-order valence-electron chi connectivity index (χ4n) is 2.39. The molecule has 0 aromatic rings. The van der Waals surface area contributed by atoms with Crippen molar-refractivity contribution in [2.45, 2.75) is 34.6 Å². The summed E-state index contributed by atoms with van der Waals surface area (Å²) in [7, 11) is 0. The Kier molecular flexibility index (Phi) is 3.53. The maximum absolute atomic E-state index is 2.40. The third kappa shape index (κ3) is 1.57. The maximum atomic E-state index is 2.40. The van der Waals surface area contributed by atoms with Crippen molar-refractivity contribution in [2.24, 2.45) is 29.6 Å². The zero-order valence-electron chi connectivity index (χ0n) is 8.29. The summed E-state index contributed by atoms with van der Waals surface area (Å²) in [5.74, 6) is 4.68. The predicted molar refractivity (Wildman–Crippen MR) is 48.3 cm³/mol. The summed E-state index contributed by atoms with van der Waals surface area (Å²) in [4.78, 5) is 0. The molecule has 0 aromatic carbocycles. The van der Waals surface area contributed by atoms with E-state index in [4.69, 9.17) is 0 Å². The van der Waals surface area contributed by atoms with Crippen molar-refractivity contribution in [3.8, 4) is 0 Å². The quantitative estimate of drug-likeness (QED) is 0.510. The lowest BCUT2D eigenvalue weighted by atomic mass is 9.92. The normalized spacial score (nSPS) is 50.5. The van der Waals surface area contributed by atoms with Gasteiger partial charge in [0.25, 0.3) is 0 Å². The van der Waals surface area contributed by atoms with Gasteiger partial charge in [-0.1, -0.05) is 34.6 Å². The van der Waals surface area contributed by atoms with Crippen LogP contribution in [0.15, 0.2) is 0 Å². The predicted octanol–water partition coefficient (Wildman–Crippen LogP) is 3.33. The lowest BCUT2D eigenvalue weighted by Gasteiger charge is -2.14. The highest BCUT2D eigenvalue weighted by Gasteiger charge is 2.38. The molecule has 1 saturated carbocycles. The SMILES string of the molecule is CC1C(C)C(C)C(C)C1C.F. The van der Waals surface area contributed by atoms with Crippen molar-refractivity contribution >= 4 is 0 Å². The van der Waals surface area contributed by atoms with Gasteiger partial charge in [-0.25, -0.2) is 0 Å². The third-order valence-electron chi connectivity index (χ3n) is 4.15. The van der Waals surface area contributed by atoms with Gasteiger partial charge in [-0.15, -0.1) is 0 Å². The molecule has 0 radical (unpaired) electrons. The van der Waals surface area contributed by atoms with Crippen LogP contribution in [-0.2, 0) is 0 Å². The Morgan fingerprint density at radius 2 is 0.545 bits per heavy atom. The van der Waals surface area contributed by atoms with Crippen LogP contribution in [0.4, 0.5) is 4.70 Å². The molecule has 68 valence electrons. The van der Waals surface area contributed by atoms with E-state index in [-0.39, 0.29) is 4.70 Å². The number of halogens is 1. The first kappa shape index (κ1) is 10.9. The Bertz CT molecular complexity index is 77.2. The van der Waals surface area contributed by atoms with E-state index in [2.05, 4.69) is 34.6 Å². The van der Waals surface area contributed by atoms with E-state index < -0.39 is 0 Å². The smallest absolute Gasteiger partial charge is 0.0386 e. The van der Waals surface area contributed by atoms with Gasteiger partial charge in [0.2, 0.25) is 0 Å². The highest BCUT2D eigenvalue weighted by molar-refractivity contribution is 4.86. The Morgan fingerprint density at radius 1 is 0.455 bits per heavy atom. The van der Waals surface area contributed by atoms with Crippen LogP contribution in [0.1, 0.15) is 34.6 Å². The minimum Gasteiger partial charge on any atom is -0.269 e. The van der Waals surface area contributed by atoms with Crippen LogP contribution >= 0.6 is 0 Å². The second-order valence-electron chi connectivity index (χ2n) is 4.30. The van der Waals surface area contributed by atoms with Crippen LogP contribution in [0.25, 0.3) is 0 Å². The molecule has 0 heterocycles. The third-order valence-corrected chi connectivity index (χ3v) is 4.15. The summed E-state index contributed by atoms with van der Waals surface area (Å²) in [5, 5.41) is 0. The van der Waals surface area contributed by atoms with E-state index in [1.54, 1.807) is 0 Å². The molecule has 0 nitrogen and oxygen atoms in total. The van der Waals surface area contributed by atoms with Crippen molar-refractivity contribution in [1.29, 1.82) is 0 Å². The lowest BCUT2D eigenvalue weighted by molar-refractivity contribution is 0.352. The summed E-state index contributed by atoms with van der Waals surface area (Å²) in [6.07, 6.45) is 0. The second kappa shape index (κ2) is 3.55. The average molecular weight is 160 g/mol. The van der Waals surface area contributed by atoms with Gasteiger partial charge in [-0.3, -0.25) is 4.70 Å². The highest BCUT2D eigenvalue weighted by Crippen LogP contribution is 2.44. The van der Waals surface area contributed by atoms with Gasteiger partial charge in [0.1, 0.15) is 0 Å². The van der Waals surface area contributed by atoms with E-state index in [0.29, 0.717) is 0 Å². The average Bonchev–Trinajstić information content (AvgIpc) is 2.07. The minimum atomic E-state index is 0. The molecule has 0 aromatic heterocycles. The molecule has 0 N–H and O–H groups in total. The fraction of sp³-hybridized carbons (Fsp3) is 1.00. The summed E-state index contributed by atoms with van der Waals surface area (Å²) in [6.45, 7) is 12.0. The van der Waals surface area contributed by atoms with Gasteiger partial charge in [0.15, 0.2) is 0 Å². The molecule has 11 heavy (non-hydrogen) atoms. The summed E-state index contributed by atoms with van der Waals surface area (Å²) in [6, 6.07) is 0. The van der Waals surface area contributed by atoms with Crippen molar-refractivity contribution in [3.05, 3.63) is 0 Å². The number of hydrogen-bond acceptors (Lipinski definition) is 0. The molecule has 0 spiro atoms. The summed E-state index contributed by atoms with van der Waals surface area (Å²) in [5.41, 5.74) is 0. The first-order valence-corrected chi connectivity index (χ1v) is 4.55. The fourth-order valence-corrected chi connectivity index (χ4v) is 2.39. The molecule has 1 fully saturated rings. The lowest BCUT2D eigenvalue weighted by Crippen LogP contribution is -2.07. The Balaban J connectivity index is 0.000001000. The van der Waals surface area contributed by atoms with Gasteiger partial charge < -0.3 is 0 Å². The Morgan fingerprint density at radius 3 is 0.636 bits per heavy atom. The Labute approximate surface area is 69.7 Å². The Hall–Kier alpha value is -0.0700. The zero-order valence-corrected chi connectivity index (χ0v) is 8.29. The van der Waals surface area contributed by atoms with E-state index in [1.807, 2.05) is 0 Å². The van der Waals surface area contributed by atoms with Gasteiger partial charge in [-0.05, 0) is 29.6 Å². The van der Waals surface area contributed by atoms with E-state index >= 15 is 0 Å². The summed E-state index contributed by atoms with van der Waals surface area (Å²) < 4.78 is 0. The van der Waals surface area contributed by atoms with Crippen LogP contribution < -0.4 is 0 Å². The minimum absolute atomic E-state index is 0. The van der Waals surface area contributed by atoms with Crippen LogP contribution in [0, 0.1) is 29.6 Å². The zero-order chi connectivity index (χ0) is 7.89. The van der Waals surface area contributed by atoms with Crippen LogP contribution in [0.3, 0.4) is 0 Å². The first-order chi connectivity index (χ1) is 4.55. The van der Waals surface area contributed by atoms with Crippen molar-refractivity contribution in [2.75, 3.05) is 0 Å². The molecule has 1 aliphatic rings. The molecular formula is C10H21F. The maximum Gasteiger partial charge on any atom is -0.0386 e.